The van der Waals surface area contributed by atoms with Gasteiger partial charge in [-0.05, 0) is 30.4 Å². The Morgan fingerprint density at radius 3 is 2.79 bits per heavy atom. The van der Waals surface area contributed by atoms with Gasteiger partial charge in [0.15, 0.2) is 5.15 Å². The van der Waals surface area contributed by atoms with E-state index in [0.29, 0.717) is 16.6 Å². The van der Waals surface area contributed by atoms with Crippen LogP contribution in [0.25, 0.3) is 0 Å². The number of halogens is 1. The minimum absolute atomic E-state index is 0.492. The van der Waals surface area contributed by atoms with Crippen LogP contribution in [0, 0.1) is 5.41 Å². The molecule has 0 amide bonds. The van der Waals surface area contributed by atoms with Crippen molar-refractivity contribution in [3.63, 3.8) is 0 Å². The molecule has 0 spiro atoms. The highest BCUT2D eigenvalue weighted by molar-refractivity contribution is 6.31. The van der Waals surface area contributed by atoms with Crippen LogP contribution in [0.1, 0.15) is 26.7 Å². The predicted octanol–water partition coefficient (Wildman–Crippen LogP) is 3.34. The van der Waals surface area contributed by atoms with Gasteiger partial charge < -0.3 is 5.32 Å². The number of aromatic nitrogens is 1. The molecule has 3 heteroatoms. The molecule has 1 N–H and O–H groups in total. The Bertz CT molecular complexity index is 328. The van der Waals surface area contributed by atoms with Gasteiger partial charge in [-0.2, -0.15) is 0 Å². The smallest absolute Gasteiger partial charge is 0.152 e. The van der Waals surface area contributed by atoms with E-state index in [1.165, 1.54) is 12.8 Å². The van der Waals surface area contributed by atoms with Crippen molar-refractivity contribution in [2.24, 2.45) is 5.41 Å². The van der Waals surface area contributed by atoms with Gasteiger partial charge in [0.05, 0.1) is 5.69 Å². The summed E-state index contributed by atoms with van der Waals surface area (Å²) >= 11 is 5.95. The van der Waals surface area contributed by atoms with E-state index in [0.717, 1.165) is 5.69 Å². The Morgan fingerprint density at radius 1 is 1.50 bits per heavy atom. The first kappa shape index (κ1) is 9.78. The zero-order valence-electron chi connectivity index (χ0n) is 8.55. The quantitative estimate of drug-likeness (QED) is 0.758. The maximum atomic E-state index is 5.95. The largest absolute Gasteiger partial charge is 0.380 e. The summed E-state index contributed by atoms with van der Waals surface area (Å²) in [5, 5.41) is 3.97. The molecule has 2 nitrogen and oxygen atoms in total. The minimum atomic E-state index is 0.492. The first-order valence-electron chi connectivity index (χ1n) is 4.94. The van der Waals surface area contributed by atoms with Gasteiger partial charge in [0, 0.05) is 12.2 Å². The minimum Gasteiger partial charge on any atom is -0.380 e. The van der Waals surface area contributed by atoms with Gasteiger partial charge in [0.1, 0.15) is 0 Å². The van der Waals surface area contributed by atoms with Crippen molar-refractivity contribution in [1.82, 2.24) is 4.98 Å². The SMILES string of the molecule is CC1(C)CC(Nc2cccnc2Cl)C1. The summed E-state index contributed by atoms with van der Waals surface area (Å²) in [6.07, 6.45) is 4.12. The van der Waals surface area contributed by atoms with Gasteiger partial charge in [0.2, 0.25) is 0 Å². The summed E-state index contributed by atoms with van der Waals surface area (Å²) in [4.78, 5) is 4.03. The van der Waals surface area contributed by atoms with E-state index in [1.807, 2.05) is 12.1 Å². The molecule has 0 atom stereocenters. The van der Waals surface area contributed by atoms with Crippen LogP contribution in [0.15, 0.2) is 18.3 Å². The molecule has 1 saturated carbocycles. The third-order valence-electron chi connectivity index (χ3n) is 2.72. The van der Waals surface area contributed by atoms with Crippen molar-refractivity contribution in [1.29, 1.82) is 0 Å². The maximum Gasteiger partial charge on any atom is 0.152 e. The molecule has 1 aromatic heterocycles. The predicted molar refractivity (Wildman–Crippen MR) is 59.7 cm³/mol. The van der Waals surface area contributed by atoms with Crippen LogP contribution in [0.4, 0.5) is 5.69 Å². The van der Waals surface area contributed by atoms with Crippen LogP contribution < -0.4 is 5.32 Å². The number of pyridine rings is 1. The monoisotopic (exact) mass is 210 g/mol. The highest BCUT2D eigenvalue weighted by Crippen LogP contribution is 2.41. The number of nitrogens with zero attached hydrogens (tertiary/aromatic N) is 1. The summed E-state index contributed by atoms with van der Waals surface area (Å²) in [6, 6.07) is 4.44. The standard InChI is InChI=1S/C11H15ClN2/c1-11(2)6-8(7-11)14-9-4-3-5-13-10(9)12/h3-5,8,14H,6-7H2,1-2H3. The molecule has 0 saturated heterocycles. The topological polar surface area (TPSA) is 24.9 Å². The lowest BCUT2D eigenvalue weighted by atomic mass is 9.68. The Kier molecular flexibility index (Phi) is 2.40. The van der Waals surface area contributed by atoms with Gasteiger partial charge in [-0.25, -0.2) is 4.98 Å². The van der Waals surface area contributed by atoms with Crippen molar-refractivity contribution < 1.29 is 0 Å². The molecule has 0 aromatic carbocycles. The van der Waals surface area contributed by atoms with Gasteiger partial charge in [-0.15, -0.1) is 0 Å². The summed E-state index contributed by atoms with van der Waals surface area (Å²) in [6.45, 7) is 4.58. The molecule has 0 unspecified atom stereocenters. The lowest BCUT2D eigenvalue weighted by Crippen LogP contribution is -2.41. The van der Waals surface area contributed by atoms with Gasteiger partial charge in [0.25, 0.3) is 0 Å². The Balaban J connectivity index is 1.97. The molecule has 1 aliphatic carbocycles. The Hall–Kier alpha value is -0.760. The second kappa shape index (κ2) is 3.43. The fraction of sp³-hybridized carbons (Fsp3) is 0.545. The number of anilines is 1. The molecule has 0 radical (unpaired) electrons. The normalized spacial score (nSPS) is 20.2. The van der Waals surface area contributed by atoms with E-state index in [9.17, 15) is 0 Å². The highest BCUT2D eigenvalue weighted by atomic mass is 35.5. The van der Waals surface area contributed by atoms with Crippen LogP contribution in [0.5, 0.6) is 0 Å². The second-order valence-corrected chi connectivity index (χ2v) is 5.11. The van der Waals surface area contributed by atoms with E-state index in [1.54, 1.807) is 6.20 Å². The molecule has 76 valence electrons. The molecule has 2 rings (SSSR count). The first-order chi connectivity index (χ1) is 6.57. The second-order valence-electron chi connectivity index (χ2n) is 4.76. The van der Waals surface area contributed by atoms with Crippen molar-refractivity contribution in [3.8, 4) is 0 Å². The zero-order valence-corrected chi connectivity index (χ0v) is 9.30. The van der Waals surface area contributed by atoms with Crippen LogP contribution in [0.3, 0.4) is 0 Å². The van der Waals surface area contributed by atoms with E-state index < -0.39 is 0 Å². The summed E-state index contributed by atoms with van der Waals surface area (Å²) in [5.74, 6) is 0. The highest BCUT2D eigenvalue weighted by Gasteiger charge is 2.35. The van der Waals surface area contributed by atoms with Crippen molar-refractivity contribution in [2.75, 3.05) is 5.32 Å². The first-order valence-corrected chi connectivity index (χ1v) is 5.32. The number of nitrogens with one attached hydrogen (secondary N) is 1. The van der Waals surface area contributed by atoms with Crippen molar-refractivity contribution in [3.05, 3.63) is 23.5 Å². The Labute approximate surface area is 89.7 Å². The van der Waals surface area contributed by atoms with E-state index in [4.69, 9.17) is 11.6 Å². The van der Waals surface area contributed by atoms with E-state index >= 15 is 0 Å². The molecule has 1 aromatic rings. The number of hydrogen-bond donors (Lipinski definition) is 1. The average Bonchev–Trinajstić information content (AvgIpc) is 2.05. The zero-order chi connectivity index (χ0) is 10.2. The maximum absolute atomic E-state index is 5.95. The molecular weight excluding hydrogens is 196 g/mol. The van der Waals surface area contributed by atoms with Crippen molar-refractivity contribution >= 4 is 17.3 Å². The molecule has 1 fully saturated rings. The molecule has 1 aliphatic rings. The van der Waals surface area contributed by atoms with Gasteiger partial charge >= 0.3 is 0 Å². The molecule has 1 heterocycles. The fourth-order valence-electron chi connectivity index (χ4n) is 2.09. The van der Waals surface area contributed by atoms with Crippen LogP contribution in [-0.2, 0) is 0 Å². The van der Waals surface area contributed by atoms with Crippen LogP contribution in [-0.4, -0.2) is 11.0 Å². The lowest BCUT2D eigenvalue weighted by molar-refractivity contribution is 0.167. The van der Waals surface area contributed by atoms with Crippen molar-refractivity contribution in [2.45, 2.75) is 32.7 Å². The van der Waals surface area contributed by atoms with Crippen LogP contribution >= 0.6 is 11.6 Å². The van der Waals surface area contributed by atoms with E-state index in [2.05, 4.69) is 24.1 Å². The van der Waals surface area contributed by atoms with E-state index in [-0.39, 0.29) is 0 Å². The summed E-state index contributed by atoms with van der Waals surface area (Å²) in [7, 11) is 0. The average molecular weight is 211 g/mol. The van der Waals surface area contributed by atoms with Crippen LogP contribution in [0.2, 0.25) is 5.15 Å². The lowest BCUT2D eigenvalue weighted by Gasteiger charge is -2.43. The molecule has 14 heavy (non-hydrogen) atoms. The van der Waals surface area contributed by atoms with Gasteiger partial charge in [-0.3, -0.25) is 0 Å². The summed E-state index contributed by atoms with van der Waals surface area (Å²) < 4.78 is 0. The van der Waals surface area contributed by atoms with Gasteiger partial charge in [-0.1, -0.05) is 25.4 Å². The molecular formula is C11H15ClN2. The third-order valence-corrected chi connectivity index (χ3v) is 3.02. The number of hydrogen-bond acceptors (Lipinski definition) is 2. The molecule has 0 aliphatic heterocycles. The third kappa shape index (κ3) is 2.01. The Morgan fingerprint density at radius 2 is 2.21 bits per heavy atom. The summed E-state index contributed by atoms with van der Waals surface area (Å²) in [5.41, 5.74) is 1.45. The fourth-order valence-corrected chi connectivity index (χ4v) is 2.26. The number of rotatable bonds is 2. The molecule has 0 bridgehead atoms.